The topological polar surface area (TPSA) is 60.4 Å². The van der Waals surface area contributed by atoms with Gasteiger partial charge in [-0.15, -0.1) is 10.2 Å². The maximum absolute atomic E-state index is 5.84. The number of rotatable bonds is 1. The molecule has 0 amide bonds. The van der Waals surface area contributed by atoms with Crippen LogP contribution >= 0.6 is 11.6 Å². The van der Waals surface area contributed by atoms with Crippen molar-refractivity contribution in [2.24, 2.45) is 0 Å². The van der Waals surface area contributed by atoms with Crippen molar-refractivity contribution in [1.29, 1.82) is 0 Å². The lowest BCUT2D eigenvalue weighted by Gasteiger charge is -1.98. The Labute approximate surface area is 112 Å². The molecule has 0 unspecified atom stereocenters. The van der Waals surface area contributed by atoms with E-state index in [9.17, 15) is 0 Å². The number of halogens is 1. The lowest BCUT2D eigenvalue weighted by molar-refractivity contribution is 0.961. The molecule has 0 radical (unpaired) electrons. The molecule has 0 aliphatic carbocycles. The second-order valence-corrected chi connectivity index (χ2v) is 4.44. The molecule has 6 nitrogen and oxygen atoms in total. The van der Waals surface area contributed by atoms with Gasteiger partial charge in [0.15, 0.2) is 11.5 Å². The monoisotopic (exact) mass is 270 g/mol. The highest BCUT2D eigenvalue weighted by Gasteiger charge is 2.13. The molecule has 0 fully saturated rings. The summed E-state index contributed by atoms with van der Waals surface area (Å²) in [5.74, 6) is 0.695. The second kappa shape index (κ2) is 3.76. The lowest BCUT2D eigenvalue weighted by Crippen LogP contribution is -1.91. The van der Waals surface area contributed by atoms with E-state index in [1.807, 2.05) is 24.4 Å². The molecule has 19 heavy (non-hydrogen) atoms. The van der Waals surface area contributed by atoms with E-state index in [-0.39, 0.29) is 0 Å². The summed E-state index contributed by atoms with van der Waals surface area (Å²) in [7, 11) is 0. The molecule has 0 spiro atoms. The van der Waals surface area contributed by atoms with Gasteiger partial charge in [0.25, 0.3) is 0 Å². The van der Waals surface area contributed by atoms with Gasteiger partial charge in [-0.05, 0) is 12.1 Å². The molecule has 92 valence electrons. The van der Waals surface area contributed by atoms with Crippen LogP contribution in [-0.2, 0) is 0 Å². The Morgan fingerprint density at radius 2 is 2.11 bits per heavy atom. The summed E-state index contributed by atoms with van der Waals surface area (Å²) in [6, 6.07) is 7.53. The molecule has 4 aromatic rings. The number of nitrogens with zero attached hydrogens (tertiary/aromatic N) is 6. The molecule has 0 atom stereocenters. The van der Waals surface area contributed by atoms with Crippen molar-refractivity contribution < 1.29 is 0 Å². The zero-order chi connectivity index (χ0) is 12.8. The van der Waals surface area contributed by atoms with Crippen LogP contribution in [0.1, 0.15) is 0 Å². The first-order chi connectivity index (χ1) is 9.33. The molecule has 0 bridgehead atoms. The van der Waals surface area contributed by atoms with E-state index in [2.05, 4.69) is 20.3 Å². The highest BCUT2D eigenvalue weighted by atomic mass is 35.5. The zero-order valence-electron chi connectivity index (χ0n) is 9.60. The largest absolute Gasteiger partial charge is 0.265 e. The first kappa shape index (κ1) is 10.5. The van der Waals surface area contributed by atoms with E-state index < -0.39 is 0 Å². The molecule has 0 saturated heterocycles. The quantitative estimate of drug-likeness (QED) is 0.497. The molecule has 4 heterocycles. The number of aromatic nitrogens is 6. The van der Waals surface area contributed by atoms with Gasteiger partial charge in [-0.3, -0.25) is 4.40 Å². The summed E-state index contributed by atoms with van der Waals surface area (Å²) >= 11 is 5.84. The average molecular weight is 271 g/mol. The Balaban J connectivity index is 2.04. The Hall–Kier alpha value is -2.47. The number of pyridine rings is 1. The SMILES string of the molecule is Clc1cc2nnc(-c3cnn4ccccc34)n2cn1. The van der Waals surface area contributed by atoms with E-state index in [4.69, 9.17) is 11.6 Å². The predicted octanol–water partition coefficient (Wildman–Crippen LogP) is 2.09. The van der Waals surface area contributed by atoms with Crippen molar-refractivity contribution in [2.45, 2.75) is 0 Å². The fourth-order valence-corrected chi connectivity index (χ4v) is 2.20. The number of hydrogen-bond acceptors (Lipinski definition) is 4. The van der Waals surface area contributed by atoms with E-state index in [0.29, 0.717) is 16.6 Å². The standard InChI is InChI=1S/C12H7ClN6/c13-10-5-11-16-17-12(18(11)7-14-10)8-6-15-19-4-2-1-3-9(8)19/h1-7H. The van der Waals surface area contributed by atoms with E-state index >= 15 is 0 Å². The van der Waals surface area contributed by atoms with Gasteiger partial charge in [0.05, 0.1) is 17.3 Å². The van der Waals surface area contributed by atoms with Crippen LogP contribution in [0.15, 0.2) is 43.0 Å². The van der Waals surface area contributed by atoms with Crippen molar-refractivity contribution in [1.82, 2.24) is 29.2 Å². The van der Waals surface area contributed by atoms with Gasteiger partial charge in [0.1, 0.15) is 11.5 Å². The molecule has 7 heteroatoms. The molecule has 0 aliphatic rings. The highest BCUT2D eigenvalue weighted by Crippen LogP contribution is 2.23. The van der Waals surface area contributed by atoms with Crippen LogP contribution in [0.5, 0.6) is 0 Å². The summed E-state index contributed by atoms with van der Waals surface area (Å²) in [4.78, 5) is 4.05. The fourth-order valence-electron chi connectivity index (χ4n) is 2.06. The van der Waals surface area contributed by atoms with Crippen LogP contribution in [0, 0.1) is 0 Å². The first-order valence-corrected chi connectivity index (χ1v) is 6.00. The summed E-state index contributed by atoms with van der Waals surface area (Å²) < 4.78 is 3.58. The molecule has 4 aromatic heterocycles. The summed E-state index contributed by atoms with van der Waals surface area (Å²) in [6.07, 6.45) is 5.26. The van der Waals surface area contributed by atoms with E-state index in [0.717, 1.165) is 11.1 Å². The number of hydrogen-bond donors (Lipinski definition) is 0. The lowest BCUT2D eigenvalue weighted by atomic mass is 10.2. The Morgan fingerprint density at radius 1 is 1.16 bits per heavy atom. The van der Waals surface area contributed by atoms with Gasteiger partial charge >= 0.3 is 0 Å². The molecule has 0 aliphatic heterocycles. The van der Waals surface area contributed by atoms with Crippen LogP contribution in [0.2, 0.25) is 5.15 Å². The van der Waals surface area contributed by atoms with E-state index in [1.54, 1.807) is 27.5 Å². The van der Waals surface area contributed by atoms with Crippen LogP contribution in [0.25, 0.3) is 22.6 Å². The first-order valence-electron chi connectivity index (χ1n) is 5.62. The van der Waals surface area contributed by atoms with E-state index in [1.165, 1.54) is 0 Å². The average Bonchev–Trinajstić information content (AvgIpc) is 3.01. The number of fused-ring (bicyclic) bond motifs is 2. The maximum Gasteiger partial charge on any atom is 0.173 e. The van der Waals surface area contributed by atoms with Crippen LogP contribution < -0.4 is 0 Å². The predicted molar refractivity (Wildman–Crippen MR) is 70.0 cm³/mol. The van der Waals surface area contributed by atoms with Crippen LogP contribution in [0.4, 0.5) is 0 Å². The molecular formula is C12H7ClN6. The summed E-state index contributed by atoms with van der Waals surface area (Å²) in [5, 5.41) is 13.0. The third kappa shape index (κ3) is 1.50. The summed E-state index contributed by atoms with van der Waals surface area (Å²) in [6.45, 7) is 0. The van der Waals surface area contributed by atoms with Crippen molar-refractivity contribution in [3.63, 3.8) is 0 Å². The highest BCUT2D eigenvalue weighted by molar-refractivity contribution is 6.29. The van der Waals surface area contributed by atoms with Gasteiger partial charge < -0.3 is 0 Å². The minimum absolute atomic E-state index is 0.395. The molecular weight excluding hydrogens is 264 g/mol. The second-order valence-electron chi connectivity index (χ2n) is 4.05. The summed E-state index contributed by atoms with van der Waals surface area (Å²) in [5.41, 5.74) is 2.52. The van der Waals surface area contributed by atoms with Gasteiger partial charge in [-0.2, -0.15) is 5.10 Å². The third-order valence-corrected chi connectivity index (χ3v) is 3.14. The normalized spacial score (nSPS) is 11.4. The molecule has 0 N–H and O–H groups in total. The Kier molecular flexibility index (Phi) is 2.07. The van der Waals surface area contributed by atoms with Crippen LogP contribution in [0.3, 0.4) is 0 Å². The fraction of sp³-hybridized carbons (Fsp3) is 0. The van der Waals surface area contributed by atoms with Crippen molar-refractivity contribution in [3.05, 3.63) is 48.1 Å². The van der Waals surface area contributed by atoms with Crippen LogP contribution in [-0.4, -0.2) is 29.2 Å². The molecule has 0 aromatic carbocycles. The van der Waals surface area contributed by atoms with Gasteiger partial charge in [0.2, 0.25) is 0 Å². The van der Waals surface area contributed by atoms with Gasteiger partial charge in [-0.25, -0.2) is 9.50 Å². The van der Waals surface area contributed by atoms with Gasteiger partial charge in [-0.1, -0.05) is 17.7 Å². The zero-order valence-corrected chi connectivity index (χ0v) is 10.4. The minimum atomic E-state index is 0.395. The van der Waals surface area contributed by atoms with Crippen molar-refractivity contribution in [3.8, 4) is 11.4 Å². The van der Waals surface area contributed by atoms with Crippen molar-refractivity contribution >= 4 is 22.8 Å². The smallest absolute Gasteiger partial charge is 0.173 e. The minimum Gasteiger partial charge on any atom is -0.265 e. The Morgan fingerprint density at radius 3 is 3.05 bits per heavy atom. The van der Waals surface area contributed by atoms with Gasteiger partial charge in [0, 0.05) is 12.3 Å². The third-order valence-electron chi connectivity index (χ3n) is 2.93. The molecule has 0 saturated carbocycles. The molecule has 4 rings (SSSR count). The van der Waals surface area contributed by atoms with Crippen molar-refractivity contribution in [2.75, 3.05) is 0 Å². The maximum atomic E-state index is 5.84. The Bertz CT molecular complexity index is 893.